The summed E-state index contributed by atoms with van der Waals surface area (Å²) in [6.07, 6.45) is 0. The van der Waals surface area contributed by atoms with Crippen LogP contribution in [0.5, 0.6) is 0 Å². The van der Waals surface area contributed by atoms with Crippen LogP contribution in [0.25, 0.3) is 0 Å². The minimum atomic E-state index is 0.672. The van der Waals surface area contributed by atoms with E-state index in [4.69, 9.17) is 5.73 Å². The Morgan fingerprint density at radius 1 is 1.22 bits per heavy atom. The normalized spacial score (nSPS) is 9.56. The van der Waals surface area contributed by atoms with Crippen LogP contribution in [-0.2, 0) is 0 Å². The summed E-state index contributed by atoms with van der Waals surface area (Å²) < 4.78 is 0. The molecule has 0 aliphatic heterocycles. The zero-order valence-electron chi connectivity index (χ0n) is 4.70. The van der Waals surface area contributed by atoms with Gasteiger partial charge in [0.1, 0.15) is 0 Å². The highest BCUT2D eigenvalue weighted by molar-refractivity contribution is 7.83. The van der Waals surface area contributed by atoms with Crippen LogP contribution in [0.15, 0.2) is 28.0 Å². The first-order valence-corrected chi connectivity index (χ1v) is 3.37. The van der Waals surface area contributed by atoms with Crippen LogP contribution in [0, 0.1) is 0 Å². The van der Waals surface area contributed by atoms with Crippen molar-refractivity contribution in [2.45, 2.75) is 9.79 Å². The fourth-order valence-corrected chi connectivity index (χ4v) is 0.913. The molecule has 2 N–H and O–H groups in total. The van der Waals surface area contributed by atoms with Crippen LogP contribution < -0.4 is 5.73 Å². The van der Waals surface area contributed by atoms with Crippen molar-refractivity contribution in [1.29, 1.82) is 0 Å². The van der Waals surface area contributed by atoms with Gasteiger partial charge in [0, 0.05) is 15.5 Å². The Labute approximate surface area is 65.1 Å². The maximum atomic E-state index is 5.50. The fraction of sp³-hybridized carbons (Fsp3) is 0. The molecule has 1 nitrogen and oxygen atoms in total. The number of rotatable bonds is 0. The van der Waals surface area contributed by atoms with E-state index in [-0.39, 0.29) is 0 Å². The number of hydrogen-bond donors (Lipinski definition) is 3. The molecule has 0 aliphatic carbocycles. The first kappa shape index (κ1) is 6.83. The Morgan fingerprint density at radius 2 is 1.89 bits per heavy atom. The van der Waals surface area contributed by atoms with Crippen molar-refractivity contribution in [3.8, 4) is 0 Å². The molecule has 1 rings (SSSR count). The van der Waals surface area contributed by atoms with Gasteiger partial charge in [-0.3, -0.25) is 0 Å². The second-order valence-electron chi connectivity index (χ2n) is 1.71. The van der Waals surface area contributed by atoms with Gasteiger partial charge < -0.3 is 5.73 Å². The molecule has 0 aliphatic rings. The largest absolute Gasteiger partial charge is 0.398 e. The van der Waals surface area contributed by atoms with Gasteiger partial charge in [-0.1, -0.05) is 6.07 Å². The third-order valence-electron chi connectivity index (χ3n) is 1.05. The zero-order valence-corrected chi connectivity index (χ0v) is 6.49. The van der Waals surface area contributed by atoms with Gasteiger partial charge in [0.2, 0.25) is 0 Å². The van der Waals surface area contributed by atoms with Gasteiger partial charge in [-0.2, -0.15) is 0 Å². The minimum absolute atomic E-state index is 0.672. The first-order valence-electron chi connectivity index (χ1n) is 2.48. The van der Waals surface area contributed by atoms with Crippen molar-refractivity contribution in [1.82, 2.24) is 0 Å². The van der Waals surface area contributed by atoms with Gasteiger partial charge in [-0.15, -0.1) is 25.3 Å². The molecule has 0 heterocycles. The molecule has 0 bridgehead atoms. The second-order valence-corrected chi connectivity index (χ2v) is 2.64. The van der Waals surface area contributed by atoms with Crippen LogP contribution in [-0.4, -0.2) is 0 Å². The topological polar surface area (TPSA) is 26.0 Å². The zero-order chi connectivity index (χ0) is 6.85. The third kappa shape index (κ3) is 1.34. The molecule has 0 saturated heterocycles. The highest BCUT2D eigenvalue weighted by atomic mass is 32.1. The SMILES string of the molecule is Nc1cccc(S)c1S. The van der Waals surface area contributed by atoms with Crippen LogP contribution in [0.2, 0.25) is 0 Å². The molecule has 0 amide bonds. The molecule has 3 heteroatoms. The number of thiol groups is 2. The lowest BCUT2D eigenvalue weighted by molar-refractivity contribution is 1.28. The lowest BCUT2D eigenvalue weighted by Gasteiger charge is -1.98. The molecule has 0 aromatic heterocycles. The fourth-order valence-electron chi connectivity index (χ4n) is 0.549. The monoisotopic (exact) mass is 157 g/mol. The summed E-state index contributed by atoms with van der Waals surface area (Å²) in [7, 11) is 0. The quantitative estimate of drug-likeness (QED) is 0.389. The molecule has 48 valence electrons. The van der Waals surface area contributed by atoms with E-state index in [2.05, 4.69) is 25.3 Å². The van der Waals surface area contributed by atoms with Crippen molar-refractivity contribution in [2.75, 3.05) is 5.73 Å². The van der Waals surface area contributed by atoms with Gasteiger partial charge in [-0.05, 0) is 12.1 Å². The van der Waals surface area contributed by atoms with Gasteiger partial charge in [0.05, 0.1) is 0 Å². The molecule has 1 aromatic carbocycles. The van der Waals surface area contributed by atoms with Crippen LogP contribution in [0.3, 0.4) is 0 Å². The van der Waals surface area contributed by atoms with Crippen LogP contribution >= 0.6 is 25.3 Å². The van der Waals surface area contributed by atoms with Crippen molar-refractivity contribution < 1.29 is 0 Å². The summed E-state index contributed by atoms with van der Waals surface area (Å²) in [5.74, 6) is 0. The Balaban J connectivity index is 3.25. The number of nitrogens with two attached hydrogens (primary N) is 1. The van der Waals surface area contributed by atoms with Crippen molar-refractivity contribution >= 4 is 30.9 Å². The Bertz CT molecular complexity index is 202. The number of benzene rings is 1. The highest BCUT2D eigenvalue weighted by Crippen LogP contribution is 2.23. The molecule has 0 radical (unpaired) electrons. The van der Waals surface area contributed by atoms with Gasteiger partial charge in [-0.25, -0.2) is 0 Å². The van der Waals surface area contributed by atoms with E-state index in [1.165, 1.54) is 0 Å². The molecule has 9 heavy (non-hydrogen) atoms. The Kier molecular flexibility index (Phi) is 1.93. The molecule has 1 aromatic rings. The van der Waals surface area contributed by atoms with Crippen LogP contribution in [0.1, 0.15) is 0 Å². The third-order valence-corrected chi connectivity index (χ3v) is 2.09. The van der Waals surface area contributed by atoms with Crippen molar-refractivity contribution in [3.63, 3.8) is 0 Å². The summed E-state index contributed by atoms with van der Waals surface area (Å²) in [5.41, 5.74) is 6.17. The number of anilines is 1. The highest BCUT2D eigenvalue weighted by Gasteiger charge is 1.94. The Morgan fingerprint density at radius 3 is 2.33 bits per heavy atom. The van der Waals surface area contributed by atoms with E-state index in [0.29, 0.717) is 5.69 Å². The average molecular weight is 157 g/mol. The molecule has 0 atom stereocenters. The summed E-state index contributed by atoms with van der Waals surface area (Å²) in [4.78, 5) is 1.57. The van der Waals surface area contributed by atoms with Crippen LogP contribution in [0.4, 0.5) is 5.69 Å². The predicted octanol–water partition coefficient (Wildman–Crippen LogP) is 1.85. The molecule has 0 saturated carbocycles. The molecular formula is C6H7NS2. The van der Waals surface area contributed by atoms with E-state index in [1.807, 2.05) is 12.1 Å². The summed E-state index contributed by atoms with van der Waals surface area (Å²) >= 11 is 8.22. The minimum Gasteiger partial charge on any atom is -0.398 e. The van der Waals surface area contributed by atoms with E-state index in [0.717, 1.165) is 9.79 Å². The average Bonchev–Trinajstić information content (AvgIpc) is 1.83. The number of nitrogen functional groups attached to an aromatic ring is 1. The summed E-state index contributed by atoms with van der Waals surface area (Å²) in [6.45, 7) is 0. The predicted molar refractivity (Wildman–Crippen MR) is 45.4 cm³/mol. The molecular weight excluding hydrogens is 150 g/mol. The van der Waals surface area contributed by atoms with Gasteiger partial charge in [0.15, 0.2) is 0 Å². The molecule has 0 spiro atoms. The Hall–Kier alpha value is -0.280. The standard InChI is InChI=1S/C6H7NS2/c7-4-2-1-3-5(8)6(4)9/h1-3,8-9H,7H2. The van der Waals surface area contributed by atoms with Crippen molar-refractivity contribution in [3.05, 3.63) is 18.2 Å². The summed E-state index contributed by atoms with van der Waals surface area (Å²) in [5, 5.41) is 0. The lowest BCUT2D eigenvalue weighted by Crippen LogP contribution is -1.85. The molecule has 0 unspecified atom stereocenters. The summed E-state index contributed by atoms with van der Waals surface area (Å²) in [6, 6.07) is 5.49. The van der Waals surface area contributed by atoms with E-state index < -0.39 is 0 Å². The first-order chi connectivity index (χ1) is 4.22. The molecule has 0 fully saturated rings. The number of hydrogen-bond acceptors (Lipinski definition) is 3. The lowest BCUT2D eigenvalue weighted by atomic mass is 10.3. The maximum absolute atomic E-state index is 5.50. The van der Waals surface area contributed by atoms with Gasteiger partial charge in [0.25, 0.3) is 0 Å². The second kappa shape index (κ2) is 2.54. The van der Waals surface area contributed by atoms with E-state index >= 15 is 0 Å². The van der Waals surface area contributed by atoms with E-state index in [1.54, 1.807) is 6.07 Å². The van der Waals surface area contributed by atoms with E-state index in [9.17, 15) is 0 Å². The smallest absolute Gasteiger partial charge is 0.0461 e. The maximum Gasteiger partial charge on any atom is 0.0461 e. The van der Waals surface area contributed by atoms with Gasteiger partial charge >= 0.3 is 0 Å². The van der Waals surface area contributed by atoms with Crippen molar-refractivity contribution in [2.24, 2.45) is 0 Å².